The highest BCUT2D eigenvalue weighted by Gasteiger charge is 1.99. The van der Waals surface area contributed by atoms with Gasteiger partial charge in [0.25, 0.3) is 0 Å². The third kappa shape index (κ3) is 1.06. The highest BCUT2D eigenvalue weighted by Crippen LogP contribution is 2.19. The Balaban J connectivity index is 3.25. The Hall–Kier alpha value is -1.56. The van der Waals surface area contributed by atoms with E-state index in [4.69, 9.17) is 12.3 Å². The Bertz CT molecular complexity index is 288. The molecule has 0 fully saturated rings. The van der Waals surface area contributed by atoms with Crippen LogP contribution in [-0.4, -0.2) is 0 Å². The van der Waals surface area contributed by atoms with Crippen molar-refractivity contribution in [3.8, 4) is 0 Å². The van der Waals surface area contributed by atoms with Crippen molar-refractivity contribution < 1.29 is 4.39 Å². The molecule has 2 N–H and O–H groups in total. The predicted molar refractivity (Wildman–Crippen MR) is 37.1 cm³/mol. The second-order valence-corrected chi connectivity index (χ2v) is 1.82. The molecule has 0 bridgehead atoms. The lowest BCUT2D eigenvalue weighted by molar-refractivity contribution is 0.634. The molecule has 10 heavy (non-hydrogen) atoms. The summed E-state index contributed by atoms with van der Waals surface area (Å²) < 4.78 is 12.5. The van der Waals surface area contributed by atoms with E-state index in [9.17, 15) is 4.39 Å². The zero-order valence-electron chi connectivity index (χ0n) is 5.13. The van der Waals surface area contributed by atoms with Gasteiger partial charge in [-0.2, -0.15) is 0 Å². The number of rotatable bonds is 0. The van der Waals surface area contributed by atoms with Gasteiger partial charge in [0.05, 0.1) is 6.57 Å². The normalized spacial score (nSPS) is 8.80. The zero-order chi connectivity index (χ0) is 7.56. The van der Waals surface area contributed by atoms with Crippen molar-refractivity contribution in [1.82, 2.24) is 0 Å². The van der Waals surface area contributed by atoms with Gasteiger partial charge < -0.3 is 5.73 Å². The maximum absolute atomic E-state index is 12.5. The topological polar surface area (TPSA) is 30.4 Å². The van der Waals surface area contributed by atoms with Crippen LogP contribution in [0.5, 0.6) is 0 Å². The number of halogens is 1. The molecule has 0 aliphatic rings. The SMILES string of the molecule is [C-]#[N+]c1cc(N)ccc1F. The molecule has 0 saturated heterocycles. The van der Waals surface area contributed by atoms with E-state index in [2.05, 4.69) is 4.85 Å². The average Bonchev–Trinajstić information content (AvgIpc) is 1.94. The first kappa shape index (κ1) is 6.56. The summed E-state index contributed by atoms with van der Waals surface area (Å²) in [5, 5.41) is 0. The molecule has 2 nitrogen and oxygen atoms in total. The van der Waals surface area contributed by atoms with Crippen molar-refractivity contribution in [3.63, 3.8) is 0 Å². The molecule has 0 aliphatic carbocycles. The molecule has 0 aliphatic heterocycles. The van der Waals surface area contributed by atoms with Crippen molar-refractivity contribution in [1.29, 1.82) is 0 Å². The van der Waals surface area contributed by atoms with Crippen LogP contribution in [0.4, 0.5) is 15.8 Å². The van der Waals surface area contributed by atoms with E-state index in [1.807, 2.05) is 0 Å². The molecule has 3 heteroatoms. The van der Waals surface area contributed by atoms with Gasteiger partial charge in [-0.3, -0.25) is 0 Å². The number of anilines is 1. The first-order chi connectivity index (χ1) is 4.74. The van der Waals surface area contributed by atoms with Crippen LogP contribution in [0.2, 0.25) is 0 Å². The second-order valence-electron chi connectivity index (χ2n) is 1.82. The van der Waals surface area contributed by atoms with Gasteiger partial charge in [-0.25, -0.2) is 9.24 Å². The van der Waals surface area contributed by atoms with Crippen LogP contribution in [0, 0.1) is 12.4 Å². The Morgan fingerprint density at radius 2 is 2.20 bits per heavy atom. The molecule has 0 unspecified atom stereocenters. The Morgan fingerprint density at radius 3 is 2.70 bits per heavy atom. The summed E-state index contributed by atoms with van der Waals surface area (Å²) >= 11 is 0. The number of nitrogens with zero attached hydrogens (tertiary/aromatic N) is 1. The van der Waals surface area contributed by atoms with E-state index < -0.39 is 5.82 Å². The van der Waals surface area contributed by atoms with Gasteiger partial charge in [0.2, 0.25) is 5.69 Å². The maximum Gasteiger partial charge on any atom is 0.224 e. The summed E-state index contributed by atoms with van der Waals surface area (Å²) in [4.78, 5) is 2.93. The van der Waals surface area contributed by atoms with Crippen LogP contribution in [0.3, 0.4) is 0 Å². The zero-order valence-corrected chi connectivity index (χ0v) is 5.13. The number of nitrogen functional groups attached to an aromatic ring is 1. The van der Waals surface area contributed by atoms with Crippen LogP contribution >= 0.6 is 0 Å². The molecule has 0 radical (unpaired) electrons. The number of nitrogens with two attached hydrogens (primary N) is 1. The van der Waals surface area contributed by atoms with Crippen LogP contribution in [0.1, 0.15) is 0 Å². The molecule has 0 saturated carbocycles. The van der Waals surface area contributed by atoms with Crippen molar-refractivity contribution >= 4 is 11.4 Å². The minimum atomic E-state index is -0.524. The molecule has 50 valence electrons. The van der Waals surface area contributed by atoms with Gasteiger partial charge in [0.15, 0.2) is 0 Å². The van der Waals surface area contributed by atoms with Gasteiger partial charge in [-0.05, 0) is 18.2 Å². The summed E-state index contributed by atoms with van der Waals surface area (Å²) in [5.74, 6) is -0.524. The van der Waals surface area contributed by atoms with Gasteiger partial charge >= 0.3 is 0 Å². The number of benzene rings is 1. The highest BCUT2D eigenvalue weighted by atomic mass is 19.1. The predicted octanol–water partition coefficient (Wildman–Crippen LogP) is 1.96. The lowest BCUT2D eigenvalue weighted by Crippen LogP contribution is -1.83. The van der Waals surface area contributed by atoms with Crippen molar-refractivity contribution in [2.45, 2.75) is 0 Å². The number of hydrogen-bond acceptors (Lipinski definition) is 1. The first-order valence-corrected chi connectivity index (χ1v) is 2.66. The fraction of sp³-hybridized carbons (Fsp3) is 0. The minimum Gasteiger partial charge on any atom is -0.400 e. The Kier molecular flexibility index (Phi) is 1.55. The van der Waals surface area contributed by atoms with E-state index in [0.29, 0.717) is 5.69 Å². The largest absolute Gasteiger partial charge is 0.400 e. The molecule has 0 spiro atoms. The molecule has 0 heterocycles. The molecular weight excluding hydrogens is 131 g/mol. The third-order valence-electron chi connectivity index (χ3n) is 1.09. The standard InChI is InChI=1S/C7H5FN2/c1-10-7-4-5(9)2-3-6(7)8/h2-4H,9H2. The first-order valence-electron chi connectivity index (χ1n) is 2.66. The van der Waals surface area contributed by atoms with Gasteiger partial charge in [-0.15, -0.1) is 0 Å². The van der Waals surface area contributed by atoms with Gasteiger partial charge in [0, 0.05) is 5.69 Å². The molecule has 1 aromatic rings. The molecule has 0 atom stereocenters. The smallest absolute Gasteiger partial charge is 0.224 e. The van der Waals surface area contributed by atoms with E-state index in [0.717, 1.165) is 0 Å². The summed E-state index contributed by atoms with van der Waals surface area (Å²) in [6, 6.07) is 3.91. The van der Waals surface area contributed by atoms with Crippen molar-refractivity contribution in [2.24, 2.45) is 0 Å². The van der Waals surface area contributed by atoms with Crippen molar-refractivity contribution in [3.05, 3.63) is 35.4 Å². The maximum atomic E-state index is 12.5. The van der Waals surface area contributed by atoms with Crippen molar-refractivity contribution in [2.75, 3.05) is 5.73 Å². The fourth-order valence-corrected chi connectivity index (χ4v) is 0.615. The monoisotopic (exact) mass is 136 g/mol. The van der Waals surface area contributed by atoms with Crippen LogP contribution in [-0.2, 0) is 0 Å². The average molecular weight is 136 g/mol. The van der Waals surface area contributed by atoms with Gasteiger partial charge in [-0.1, -0.05) is 0 Å². The number of hydrogen-bond donors (Lipinski definition) is 1. The molecule has 0 amide bonds. The molecule has 1 aromatic carbocycles. The van der Waals surface area contributed by atoms with E-state index in [1.165, 1.54) is 18.2 Å². The summed E-state index contributed by atoms with van der Waals surface area (Å²) in [6.07, 6.45) is 0. The Morgan fingerprint density at radius 1 is 1.50 bits per heavy atom. The summed E-state index contributed by atoms with van der Waals surface area (Å²) in [7, 11) is 0. The molecular formula is C7H5FN2. The van der Waals surface area contributed by atoms with E-state index in [1.54, 1.807) is 0 Å². The molecule has 1 rings (SSSR count). The molecule has 0 aromatic heterocycles. The quantitative estimate of drug-likeness (QED) is 0.429. The minimum absolute atomic E-state index is 0.0278. The third-order valence-corrected chi connectivity index (χ3v) is 1.09. The summed E-state index contributed by atoms with van der Waals surface area (Å²) in [6.45, 7) is 6.51. The Labute approximate surface area is 57.9 Å². The highest BCUT2D eigenvalue weighted by molar-refractivity contribution is 5.55. The van der Waals surface area contributed by atoms with Gasteiger partial charge in [0.1, 0.15) is 5.82 Å². The van der Waals surface area contributed by atoms with Crippen LogP contribution in [0.15, 0.2) is 18.2 Å². The lowest BCUT2D eigenvalue weighted by Gasteiger charge is -1.93. The van der Waals surface area contributed by atoms with E-state index >= 15 is 0 Å². The summed E-state index contributed by atoms with van der Waals surface area (Å²) in [5.41, 5.74) is 5.67. The van der Waals surface area contributed by atoms with E-state index in [-0.39, 0.29) is 5.69 Å². The second kappa shape index (κ2) is 2.36. The lowest BCUT2D eigenvalue weighted by atomic mass is 10.3. The van der Waals surface area contributed by atoms with Crippen LogP contribution < -0.4 is 5.73 Å². The van der Waals surface area contributed by atoms with Crippen LogP contribution in [0.25, 0.3) is 4.85 Å². The fourth-order valence-electron chi connectivity index (χ4n) is 0.615.